The van der Waals surface area contributed by atoms with Crippen LogP contribution in [0.2, 0.25) is 0 Å². The first-order valence-electron chi connectivity index (χ1n) is 39.4. The van der Waals surface area contributed by atoms with Gasteiger partial charge in [0.25, 0.3) is 0 Å². The molecule has 0 fully saturated rings. The van der Waals surface area contributed by atoms with Gasteiger partial charge in [-0.2, -0.15) is 22.8 Å². The van der Waals surface area contributed by atoms with Crippen LogP contribution in [0, 0.1) is 145 Å². The summed E-state index contributed by atoms with van der Waals surface area (Å²) in [6, 6.07) is 86.3. The third-order valence-electron chi connectivity index (χ3n) is 22.4. The van der Waals surface area contributed by atoms with Gasteiger partial charge >= 0.3 is 0 Å². The molecule has 0 saturated carbocycles. The molecule has 112 heavy (non-hydrogen) atoms. The molecule has 14 rings (SSSR count). The molecular formula is C105H126N7+7. The number of pyridine rings is 7. The number of aromatic nitrogens is 7. The lowest BCUT2D eigenvalue weighted by Crippen LogP contribution is -2.35. The number of hydrogen-bond donors (Lipinski definition) is 0. The number of rotatable bonds is 7. The van der Waals surface area contributed by atoms with Crippen molar-refractivity contribution in [1.82, 2.24) is 0 Å². The smallest absolute Gasteiger partial charge is 0.201 e. The summed E-state index contributed by atoms with van der Waals surface area (Å²) in [5.74, 6) is 0. The molecule has 0 aliphatic rings. The molecule has 0 bridgehead atoms. The molecule has 7 heteroatoms. The topological polar surface area (TPSA) is 27.2 Å². The van der Waals surface area contributed by atoms with E-state index in [1.54, 1.807) is 0 Å². The minimum atomic E-state index is 1.28. The third-order valence-corrected chi connectivity index (χ3v) is 22.4. The van der Waals surface area contributed by atoms with Gasteiger partial charge in [-0.3, -0.25) is 0 Å². The molecule has 574 valence electrons. The number of benzene rings is 7. The molecule has 0 aliphatic heterocycles. The Morgan fingerprint density at radius 3 is 0.830 bits per heavy atom. The van der Waals surface area contributed by atoms with E-state index < -0.39 is 0 Å². The average molecular weight is 1490 g/mol. The Bertz CT molecular complexity index is 5160. The highest BCUT2D eigenvalue weighted by molar-refractivity contribution is 5.69. The maximum absolute atomic E-state index is 2.26. The summed E-state index contributed by atoms with van der Waals surface area (Å²) in [6.45, 7) is 45.3. The fourth-order valence-electron chi connectivity index (χ4n) is 14.5. The molecule has 7 heterocycles. The second kappa shape index (κ2) is 39.5. The van der Waals surface area contributed by atoms with E-state index in [0.717, 1.165) is 0 Å². The van der Waals surface area contributed by atoms with Gasteiger partial charge in [-0.25, -0.2) is 9.13 Å². The molecule has 0 atom stereocenters. The van der Waals surface area contributed by atoms with E-state index in [2.05, 4.69) is 482 Å². The molecule has 0 spiro atoms. The van der Waals surface area contributed by atoms with Crippen LogP contribution in [0.25, 0.3) is 78.8 Å². The van der Waals surface area contributed by atoms with E-state index in [-0.39, 0.29) is 0 Å². The Labute approximate surface area is 673 Å². The zero-order chi connectivity index (χ0) is 81.9. The summed E-state index contributed by atoms with van der Waals surface area (Å²) in [6.07, 6.45) is 4.24. The summed E-state index contributed by atoms with van der Waals surface area (Å²) in [7, 11) is 14.8. The summed E-state index contributed by atoms with van der Waals surface area (Å²) in [4.78, 5) is 0. The van der Waals surface area contributed by atoms with Crippen LogP contribution in [-0.4, -0.2) is 0 Å². The highest BCUT2D eigenvalue weighted by atomic mass is 15.0. The van der Waals surface area contributed by atoms with Gasteiger partial charge in [0.1, 0.15) is 49.3 Å². The molecule has 7 aromatic carbocycles. The Morgan fingerprint density at radius 1 is 0.179 bits per heavy atom. The van der Waals surface area contributed by atoms with Crippen molar-refractivity contribution in [3.05, 3.63) is 373 Å². The van der Waals surface area contributed by atoms with Crippen molar-refractivity contribution < 1.29 is 32.0 Å². The third kappa shape index (κ3) is 21.4. The zero-order valence-corrected chi connectivity index (χ0v) is 72.9. The minimum Gasteiger partial charge on any atom is -0.201 e. The highest BCUT2D eigenvalue weighted by Crippen LogP contribution is 2.30. The maximum Gasteiger partial charge on any atom is 0.215 e. The first kappa shape index (κ1) is 86.2. The minimum absolute atomic E-state index is 1.28. The Kier molecular flexibility index (Phi) is 30.4. The van der Waals surface area contributed by atoms with Gasteiger partial charge in [0.2, 0.25) is 39.9 Å². The van der Waals surface area contributed by atoms with E-state index in [0.29, 0.717) is 0 Å². The van der Waals surface area contributed by atoms with Crippen molar-refractivity contribution in [2.45, 2.75) is 145 Å². The van der Waals surface area contributed by atoms with E-state index >= 15 is 0 Å². The van der Waals surface area contributed by atoms with Gasteiger partial charge in [-0.1, -0.05) is 115 Å². The van der Waals surface area contributed by atoms with Crippen LogP contribution in [0.4, 0.5) is 0 Å². The van der Waals surface area contributed by atoms with E-state index in [1.807, 2.05) is 0 Å². The maximum atomic E-state index is 2.26. The van der Waals surface area contributed by atoms with Crippen molar-refractivity contribution in [2.24, 2.45) is 49.3 Å². The molecule has 7 aromatic heterocycles. The second-order valence-corrected chi connectivity index (χ2v) is 30.8. The SMILES string of the molecule is Cc1cc[n+](C)c(-c2cccc(C)c2C)c1.Cc1cc[n+](C)c(-c2cccc(C)c2C)c1.Cc1ccc(C)c(-c2cccc(C)[n+]2C)c1.Cc1cccc(C)c1-c1cccc(C)[n+]1C.Cc1cccc(C)c1-c1cccc(C)[n+]1C.Cc1ccccc1-c1c(C)ccc(C)[n+]1C.Cc1ccccc1-c1c(C)ccc(C)[n+]1C. The first-order valence-corrected chi connectivity index (χ1v) is 39.4. The van der Waals surface area contributed by atoms with Crippen molar-refractivity contribution in [3.8, 4) is 78.8 Å². The van der Waals surface area contributed by atoms with Crippen LogP contribution in [0.15, 0.2) is 255 Å². The van der Waals surface area contributed by atoms with E-state index in [4.69, 9.17) is 0 Å². The molecule has 0 amide bonds. The van der Waals surface area contributed by atoms with Gasteiger partial charge in [-0.05, 0) is 244 Å². The summed E-state index contributed by atoms with van der Waals surface area (Å²) >= 11 is 0. The van der Waals surface area contributed by atoms with Crippen LogP contribution < -0.4 is 32.0 Å². The largest absolute Gasteiger partial charge is 0.215 e. The monoisotopic (exact) mass is 1490 g/mol. The zero-order valence-electron chi connectivity index (χ0n) is 72.9. The van der Waals surface area contributed by atoms with Crippen molar-refractivity contribution >= 4 is 0 Å². The molecule has 7 nitrogen and oxygen atoms in total. The summed E-state index contributed by atoms with van der Waals surface area (Å²) in [5, 5.41) is 0. The standard InChI is InChI=1S/7C15H18N/c2*1-11-7-5-8-12(2)15(11)14-10-6-9-13(3)16(14)4;1-11-8-9-12(2)14(10-11)15-7-5-6-13(3)16(15)4;2*1-11-8-9-16(4)15(10-11)14-7-5-6-12(2)13(14)3;2*1-11-7-5-6-8-14(11)15-12(2)9-10-13(3)16(15)4/h7*5-10H,1-4H3/q7*+1. The van der Waals surface area contributed by atoms with E-state index in [1.165, 1.54) is 196 Å². The number of nitrogens with zero attached hydrogens (tertiary/aromatic N) is 7. The quantitative estimate of drug-likeness (QED) is 0.142. The fourth-order valence-corrected chi connectivity index (χ4v) is 14.5. The van der Waals surface area contributed by atoms with Gasteiger partial charge in [-0.15, -0.1) is 0 Å². The predicted octanol–water partition coefficient (Wildman–Crippen LogP) is 21.7. The number of aryl methyl sites for hydroxylation is 21. The molecular weight excluding hydrogens is 1360 g/mol. The van der Waals surface area contributed by atoms with Gasteiger partial charge in [0.05, 0.1) is 11.1 Å². The Hall–Kier alpha value is -11.4. The summed E-state index contributed by atoms with van der Waals surface area (Å²) in [5.41, 5.74) is 46.1. The molecule has 0 saturated heterocycles. The molecule has 0 radical (unpaired) electrons. The first-order chi connectivity index (χ1) is 53.2. The normalized spacial score (nSPS) is 10.5. The van der Waals surface area contributed by atoms with Crippen LogP contribution in [0.1, 0.15) is 117 Å². The van der Waals surface area contributed by atoms with Gasteiger partial charge in [0, 0.05) is 146 Å². The van der Waals surface area contributed by atoms with Gasteiger partial charge in [0.15, 0.2) is 40.9 Å². The van der Waals surface area contributed by atoms with Gasteiger partial charge < -0.3 is 0 Å². The van der Waals surface area contributed by atoms with Crippen molar-refractivity contribution in [2.75, 3.05) is 0 Å². The molecule has 14 aromatic rings. The average Bonchev–Trinajstić information content (AvgIpc) is 0.856. The number of hydrogen-bond acceptors (Lipinski definition) is 0. The Balaban J connectivity index is 0.000000164. The van der Waals surface area contributed by atoms with Crippen molar-refractivity contribution in [3.63, 3.8) is 0 Å². The van der Waals surface area contributed by atoms with Crippen LogP contribution in [-0.2, 0) is 49.3 Å². The van der Waals surface area contributed by atoms with Crippen molar-refractivity contribution in [1.29, 1.82) is 0 Å². The second-order valence-electron chi connectivity index (χ2n) is 30.8. The van der Waals surface area contributed by atoms with Crippen LogP contribution in [0.5, 0.6) is 0 Å². The van der Waals surface area contributed by atoms with E-state index in [9.17, 15) is 0 Å². The highest BCUT2D eigenvalue weighted by Gasteiger charge is 2.22. The fraction of sp³-hybridized carbons (Fsp3) is 0.267. The molecule has 0 aliphatic carbocycles. The predicted molar refractivity (Wildman–Crippen MR) is 471 cm³/mol. The van der Waals surface area contributed by atoms with Crippen LogP contribution >= 0.6 is 0 Å². The summed E-state index contributed by atoms with van der Waals surface area (Å²) < 4.78 is 15.6. The lowest BCUT2D eigenvalue weighted by atomic mass is 9.99. The molecule has 0 N–H and O–H groups in total. The van der Waals surface area contributed by atoms with Crippen LogP contribution in [0.3, 0.4) is 0 Å². The lowest BCUT2D eigenvalue weighted by molar-refractivity contribution is -0.667. The Morgan fingerprint density at radius 2 is 0.455 bits per heavy atom. The molecule has 0 unspecified atom stereocenters. The lowest BCUT2D eigenvalue weighted by Gasteiger charge is -2.08.